The average Bonchev–Trinajstić information content (AvgIpc) is 2.51. The normalized spacial score (nSPS) is 16.0. The van der Waals surface area contributed by atoms with Gasteiger partial charge in [-0.2, -0.15) is 0 Å². The molecule has 0 unspecified atom stereocenters. The molecule has 0 amide bonds. The van der Waals surface area contributed by atoms with Gasteiger partial charge in [-0.15, -0.1) is 0 Å². The lowest BCUT2D eigenvalue weighted by Crippen LogP contribution is -2.01. The summed E-state index contributed by atoms with van der Waals surface area (Å²) in [4.78, 5) is 14.2. The minimum Gasteiger partial charge on any atom is -0.469 e. The lowest BCUT2D eigenvalue weighted by Gasteiger charge is -1.99. The molecule has 0 atom stereocenters. The van der Waals surface area contributed by atoms with Crippen molar-refractivity contribution in [1.82, 2.24) is 0 Å². The van der Waals surface area contributed by atoms with Gasteiger partial charge in [-0.1, -0.05) is 12.0 Å². The van der Waals surface area contributed by atoms with Crippen molar-refractivity contribution in [3.8, 4) is 0 Å². The Morgan fingerprint density at radius 2 is 2.42 bits per heavy atom. The summed E-state index contributed by atoms with van der Waals surface area (Å²) in [7, 11) is 1.37. The molecule has 0 radical (unpaired) electrons. The second-order valence-electron chi connectivity index (χ2n) is 2.77. The number of carbonyl (C=O) groups is 1. The highest BCUT2D eigenvalue weighted by atomic mass is 16.5. The van der Waals surface area contributed by atoms with Gasteiger partial charge in [0.25, 0.3) is 0 Å². The van der Waals surface area contributed by atoms with Crippen molar-refractivity contribution < 1.29 is 9.53 Å². The molecule has 0 N–H and O–H groups in total. The number of ether oxygens (including phenoxy) is 1. The van der Waals surface area contributed by atoms with E-state index >= 15 is 0 Å². The van der Waals surface area contributed by atoms with E-state index in [1.165, 1.54) is 7.11 Å². The van der Waals surface area contributed by atoms with E-state index in [2.05, 4.69) is 9.58 Å². The third-order valence-corrected chi connectivity index (χ3v) is 2.02. The van der Waals surface area contributed by atoms with Crippen molar-refractivity contribution in [3.05, 3.63) is 22.7 Å². The predicted molar refractivity (Wildman–Crippen MR) is 44.1 cm³/mol. The van der Waals surface area contributed by atoms with Crippen LogP contribution >= 0.6 is 0 Å². The van der Waals surface area contributed by atoms with Crippen LogP contribution in [0.3, 0.4) is 0 Å². The lowest BCUT2D eigenvalue weighted by atomic mass is 10.1. The molecule has 3 heteroatoms. The first-order chi connectivity index (χ1) is 5.77. The molecule has 3 nitrogen and oxygen atoms in total. The van der Waals surface area contributed by atoms with Crippen LogP contribution in [0.5, 0.6) is 0 Å². The van der Waals surface area contributed by atoms with E-state index in [0.29, 0.717) is 6.42 Å². The molecule has 0 fully saturated rings. The van der Waals surface area contributed by atoms with Crippen LogP contribution in [0.1, 0.15) is 25.7 Å². The average molecular weight is 165 g/mol. The van der Waals surface area contributed by atoms with E-state index in [0.717, 1.165) is 30.5 Å². The van der Waals surface area contributed by atoms with Crippen LogP contribution < -0.4 is 0 Å². The third-order valence-electron chi connectivity index (χ3n) is 2.02. The highest BCUT2D eigenvalue weighted by Gasteiger charge is 2.17. The molecule has 12 heavy (non-hydrogen) atoms. The standard InChI is InChI=1S/C9H11NO2/c1-10-8-5-3-4-7(8)6-9(11)12-2/h3-6H2,2H3. The first-order valence-electron chi connectivity index (χ1n) is 3.93. The molecule has 1 aliphatic rings. The maximum atomic E-state index is 10.9. The van der Waals surface area contributed by atoms with Crippen LogP contribution in [-0.2, 0) is 9.53 Å². The van der Waals surface area contributed by atoms with Crippen LogP contribution in [0, 0.1) is 6.57 Å². The Morgan fingerprint density at radius 1 is 1.67 bits per heavy atom. The number of hydrogen-bond acceptors (Lipinski definition) is 2. The van der Waals surface area contributed by atoms with Gasteiger partial charge in [0.05, 0.1) is 20.1 Å². The summed E-state index contributed by atoms with van der Waals surface area (Å²) in [5, 5.41) is 0. The molecule has 0 heterocycles. The zero-order chi connectivity index (χ0) is 8.97. The minimum absolute atomic E-state index is 0.243. The Labute approximate surface area is 71.8 Å². The van der Waals surface area contributed by atoms with Gasteiger partial charge in [-0.25, -0.2) is 4.85 Å². The largest absolute Gasteiger partial charge is 0.469 e. The quantitative estimate of drug-likeness (QED) is 0.462. The lowest BCUT2D eigenvalue weighted by molar-refractivity contribution is -0.139. The number of methoxy groups -OCH3 is 1. The number of hydrogen-bond donors (Lipinski definition) is 0. The van der Waals surface area contributed by atoms with Gasteiger partial charge >= 0.3 is 5.97 Å². The second kappa shape index (κ2) is 3.91. The van der Waals surface area contributed by atoms with Gasteiger partial charge in [0, 0.05) is 0 Å². The van der Waals surface area contributed by atoms with Crippen LogP contribution in [0.2, 0.25) is 0 Å². The van der Waals surface area contributed by atoms with Crippen molar-refractivity contribution in [2.75, 3.05) is 7.11 Å². The monoisotopic (exact) mass is 165 g/mol. The molecule has 1 aliphatic carbocycles. The second-order valence-corrected chi connectivity index (χ2v) is 2.77. The predicted octanol–water partition coefficient (Wildman–Crippen LogP) is 1.91. The summed E-state index contributed by atoms with van der Waals surface area (Å²) in [6.07, 6.45) is 3.01. The maximum absolute atomic E-state index is 10.9. The zero-order valence-corrected chi connectivity index (χ0v) is 7.09. The van der Waals surface area contributed by atoms with E-state index < -0.39 is 0 Å². The van der Waals surface area contributed by atoms with E-state index in [4.69, 9.17) is 6.57 Å². The smallest absolute Gasteiger partial charge is 0.308 e. The van der Waals surface area contributed by atoms with Gasteiger partial charge in [0.1, 0.15) is 0 Å². The minimum atomic E-state index is -0.243. The molecule has 0 aromatic carbocycles. The summed E-state index contributed by atoms with van der Waals surface area (Å²) in [6, 6.07) is 0. The Hall–Kier alpha value is -1.30. The summed E-state index contributed by atoms with van der Waals surface area (Å²) in [5.74, 6) is -0.243. The Morgan fingerprint density at radius 3 is 3.00 bits per heavy atom. The van der Waals surface area contributed by atoms with E-state index in [1.807, 2.05) is 0 Å². The fourth-order valence-electron chi connectivity index (χ4n) is 1.36. The van der Waals surface area contributed by atoms with Crippen molar-refractivity contribution in [3.63, 3.8) is 0 Å². The number of rotatable bonds is 2. The fourth-order valence-corrected chi connectivity index (χ4v) is 1.36. The highest BCUT2D eigenvalue weighted by molar-refractivity contribution is 5.72. The molecule has 64 valence electrons. The highest BCUT2D eigenvalue weighted by Crippen LogP contribution is 2.29. The van der Waals surface area contributed by atoms with Crippen molar-refractivity contribution in [2.24, 2.45) is 0 Å². The number of esters is 1. The van der Waals surface area contributed by atoms with Gasteiger partial charge in [0.15, 0.2) is 5.70 Å². The van der Waals surface area contributed by atoms with Crippen LogP contribution in [0.4, 0.5) is 0 Å². The van der Waals surface area contributed by atoms with Crippen LogP contribution in [0.25, 0.3) is 4.85 Å². The Kier molecular flexibility index (Phi) is 2.87. The molecule has 0 bridgehead atoms. The SMILES string of the molecule is [C-]#[N+]C1=C(CC(=O)OC)CCC1. The summed E-state index contributed by atoms with van der Waals surface area (Å²) < 4.78 is 4.53. The molecule has 1 rings (SSSR count). The summed E-state index contributed by atoms with van der Waals surface area (Å²) >= 11 is 0. The third kappa shape index (κ3) is 1.85. The van der Waals surface area contributed by atoms with E-state index in [1.54, 1.807) is 0 Å². The molecular weight excluding hydrogens is 154 g/mol. The molecule has 0 spiro atoms. The number of carbonyl (C=O) groups excluding carboxylic acids is 1. The van der Waals surface area contributed by atoms with Gasteiger partial charge in [-0.3, -0.25) is 4.79 Å². The van der Waals surface area contributed by atoms with Crippen LogP contribution in [-0.4, -0.2) is 13.1 Å². The molecule has 0 saturated heterocycles. The Bertz CT molecular complexity index is 260. The molecule has 0 saturated carbocycles. The van der Waals surface area contributed by atoms with Gasteiger partial charge < -0.3 is 4.74 Å². The first-order valence-corrected chi connectivity index (χ1v) is 3.93. The molecule has 0 aromatic rings. The van der Waals surface area contributed by atoms with Gasteiger partial charge in [0.2, 0.25) is 0 Å². The maximum Gasteiger partial charge on any atom is 0.308 e. The molecule has 0 aromatic heterocycles. The van der Waals surface area contributed by atoms with Crippen molar-refractivity contribution in [2.45, 2.75) is 25.7 Å². The zero-order valence-electron chi connectivity index (χ0n) is 7.09. The van der Waals surface area contributed by atoms with Crippen LogP contribution in [0.15, 0.2) is 11.3 Å². The first kappa shape index (κ1) is 8.79. The van der Waals surface area contributed by atoms with E-state index in [9.17, 15) is 4.79 Å². The Balaban J connectivity index is 2.62. The van der Waals surface area contributed by atoms with Gasteiger partial charge in [-0.05, 0) is 12.8 Å². The fraction of sp³-hybridized carbons (Fsp3) is 0.556. The summed E-state index contributed by atoms with van der Waals surface area (Å²) in [6.45, 7) is 6.85. The van der Waals surface area contributed by atoms with Crippen molar-refractivity contribution in [1.29, 1.82) is 0 Å². The summed E-state index contributed by atoms with van der Waals surface area (Å²) in [5.41, 5.74) is 1.73. The number of allylic oxidation sites excluding steroid dienone is 1. The van der Waals surface area contributed by atoms with Crippen molar-refractivity contribution >= 4 is 5.97 Å². The number of nitrogens with zero attached hydrogens (tertiary/aromatic N) is 1. The molecular formula is C9H11NO2. The topological polar surface area (TPSA) is 30.7 Å². The molecule has 0 aliphatic heterocycles. The van der Waals surface area contributed by atoms with E-state index in [-0.39, 0.29) is 5.97 Å².